The molecule has 0 radical (unpaired) electrons. The lowest BCUT2D eigenvalue weighted by molar-refractivity contribution is 0.142. The van der Waals surface area contributed by atoms with E-state index in [4.69, 9.17) is 9.84 Å². The third-order valence-corrected chi connectivity index (χ3v) is 5.30. The van der Waals surface area contributed by atoms with Crippen molar-refractivity contribution in [2.75, 3.05) is 0 Å². The summed E-state index contributed by atoms with van der Waals surface area (Å²) >= 11 is 0. The number of carboxylic acid groups (broad SMARTS) is 1. The Morgan fingerprint density at radius 1 is 1.12 bits per heavy atom. The number of phenolic OH excluding ortho intramolecular Hbond substituents is 1. The second-order valence-corrected chi connectivity index (χ2v) is 7.18. The Morgan fingerprint density at radius 2 is 1.76 bits per heavy atom. The van der Waals surface area contributed by atoms with Crippen molar-refractivity contribution in [1.82, 2.24) is 0 Å². The zero-order valence-electron chi connectivity index (χ0n) is 15.6. The zero-order chi connectivity index (χ0) is 18.2. The standard InChI is InChI=1S/C21H32O4/c1-3-5-10-16-14-18(25-21(23)24)20(22)19(17(16)13-6-4-2)15-11-8-7-9-12-15/h14-15,22H,3-13H2,1-2H3,(H,23,24). The molecule has 0 unspecified atom stereocenters. The Balaban J connectivity index is 2.52. The van der Waals surface area contributed by atoms with Crippen LogP contribution in [0.3, 0.4) is 0 Å². The van der Waals surface area contributed by atoms with Gasteiger partial charge in [0.25, 0.3) is 0 Å². The summed E-state index contributed by atoms with van der Waals surface area (Å²) in [6.07, 6.45) is 10.5. The van der Waals surface area contributed by atoms with Gasteiger partial charge in [0.15, 0.2) is 11.5 Å². The molecule has 0 bridgehead atoms. The van der Waals surface area contributed by atoms with Crippen LogP contribution in [-0.4, -0.2) is 16.4 Å². The number of rotatable bonds is 8. The van der Waals surface area contributed by atoms with Gasteiger partial charge in [0, 0.05) is 5.56 Å². The normalized spacial score (nSPS) is 15.3. The molecule has 0 saturated heterocycles. The second kappa shape index (κ2) is 9.69. The molecule has 2 N–H and O–H groups in total. The summed E-state index contributed by atoms with van der Waals surface area (Å²) in [6, 6.07) is 1.76. The molecule has 0 heterocycles. The van der Waals surface area contributed by atoms with Crippen molar-refractivity contribution in [3.63, 3.8) is 0 Å². The zero-order valence-corrected chi connectivity index (χ0v) is 15.6. The van der Waals surface area contributed by atoms with Gasteiger partial charge in [0.1, 0.15) is 0 Å². The minimum atomic E-state index is -1.37. The average Bonchev–Trinajstić information content (AvgIpc) is 2.60. The van der Waals surface area contributed by atoms with E-state index in [1.54, 1.807) is 6.07 Å². The maximum absolute atomic E-state index is 11.1. The number of hydrogen-bond donors (Lipinski definition) is 2. The first-order valence-corrected chi connectivity index (χ1v) is 9.86. The highest BCUT2D eigenvalue weighted by molar-refractivity contribution is 5.65. The number of aromatic hydroxyl groups is 1. The predicted molar refractivity (Wildman–Crippen MR) is 99.8 cm³/mol. The van der Waals surface area contributed by atoms with E-state index < -0.39 is 6.16 Å². The summed E-state index contributed by atoms with van der Waals surface area (Å²) in [4.78, 5) is 11.1. The van der Waals surface area contributed by atoms with Crippen molar-refractivity contribution in [1.29, 1.82) is 0 Å². The highest BCUT2D eigenvalue weighted by Gasteiger charge is 2.27. The minimum Gasteiger partial charge on any atom is -0.504 e. The Bertz CT molecular complexity index is 574. The smallest absolute Gasteiger partial charge is 0.504 e. The van der Waals surface area contributed by atoms with E-state index in [0.717, 1.165) is 62.5 Å². The molecule has 0 aliphatic heterocycles. The fraction of sp³-hybridized carbons (Fsp3) is 0.667. The van der Waals surface area contributed by atoms with Gasteiger partial charge >= 0.3 is 6.16 Å². The topological polar surface area (TPSA) is 66.8 Å². The first kappa shape index (κ1) is 19.6. The van der Waals surface area contributed by atoms with Crippen LogP contribution in [-0.2, 0) is 12.8 Å². The highest BCUT2D eigenvalue weighted by Crippen LogP contribution is 2.45. The number of aryl methyl sites for hydroxylation is 1. The lowest BCUT2D eigenvalue weighted by Crippen LogP contribution is -2.12. The van der Waals surface area contributed by atoms with Crippen LogP contribution >= 0.6 is 0 Å². The highest BCUT2D eigenvalue weighted by atomic mass is 16.7. The lowest BCUT2D eigenvalue weighted by Gasteiger charge is -2.28. The fourth-order valence-corrected chi connectivity index (χ4v) is 4.00. The van der Waals surface area contributed by atoms with Crippen molar-refractivity contribution in [3.8, 4) is 11.5 Å². The molecule has 4 heteroatoms. The third kappa shape index (κ3) is 5.13. The molecule has 140 valence electrons. The Morgan fingerprint density at radius 3 is 2.36 bits per heavy atom. The Kier molecular flexibility index (Phi) is 7.60. The third-order valence-electron chi connectivity index (χ3n) is 5.30. The maximum Gasteiger partial charge on any atom is 0.511 e. The monoisotopic (exact) mass is 348 g/mol. The number of ether oxygens (including phenoxy) is 1. The van der Waals surface area contributed by atoms with Crippen LogP contribution in [0.2, 0.25) is 0 Å². The Hall–Kier alpha value is -1.71. The van der Waals surface area contributed by atoms with Crippen LogP contribution in [0.1, 0.15) is 94.2 Å². The molecule has 2 rings (SSSR count). The van der Waals surface area contributed by atoms with Crippen molar-refractivity contribution >= 4 is 6.16 Å². The van der Waals surface area contributed by atoms with Crippen LogP contribution in [0.25, 0.3) is 0 Å². The van der Waals surface area contributed by atoms with Gasteiger partial charge in [-0.1, -0.05) is 46.0 Å². The van der Waals surface area contributed by atoms with Crippen LogP contribution < -0.4 is 4.74 Å². The molecule has 1 saturated carbocycles. The van der Waals surface area contributed by atoms with E-state index in [-0.39, 0.29) is 11.5 Å². The number of phenols is 1. The van der Waals surface area contributed by atoms with Crippen molar-refractivity contribution in [2.45, 2.75) is 90.4 Å². The van der Waals surface area contributed by atoms with E-state index in [1.807, 2.05) is 0 Å². The molecule has 0 amide bonds. The van der Waals surface area contributed by atoms with E-state index in [0.29, 0.717) is 5.92 Å². The number of benzene rings is 1. The number of carbonyl (C=O) groups is 1. The van der Waals surface area contributed by atoms with Crippen molar-refractivity contribution in [2.24, 2.45) is 0 Å². The average molecular weight is 348 g/mol. The fourth-order valence-electron chi connectivity index (χ4n) is 4.00. The van der Waals surface area contributed by atoms with Crippen LogP contribution in [0.15, 0.2) is 6.07 Å². The molecule has 1 aliphatic carbocycles. The van der Waals surface area contributed by atoms with Gasteiger partial charge < -0.3 is 14.9 Å². The molecule has 0 atom stereocenters. The van der Waals surface area contributed by atoms with E-state index in [9.17, 15) is 9.90 Å². The molecule has 25 heavy (non-hydrogen) atoms. The molecular formula is C21H32O4. The summed E-state index contributed by atoms with van der Waals surface area (Å²) in [5.74, 6) is 0.485. The molecule has 1 aromatic rings. The summed E-state index contributed by atoms with van der Waals surface area (Å²) in [5, 5.41) is 19.9. The molecular weight excluding hydrogens is 316 g/mol. The van der Waals surface area contributed by atoms with Crippen molar-refractivity contribution in [3.05, 3.63) is 22.8 Å². The summed E-state index contributed by atoms with van der Waals surface area (Å²) in [5.41, 5.74) is 3.38. The molecule has 1 fully saturated rings. The van der Waals surface area contributed by atoms with Gasteiger partial charge in [-0.05, 0) is 61.6 Å². The summed E-state index contributed by atoms with van der Waals surface area (Å²) in [7, 11) is 0. The van der Waals surface area contributed by atoms with E-state index >= 15 is 0 Å². The second-order valence-electron chi connectivity index (χ2n) is 7.18. The van der Waals surface area contributed by atoms with Gasteiger partial charge in [-0.15, -0.1) is 0 Å². The SMILES string of the molecule is CCCCc1cc(OC(=O)O)c(O)c(C2CCCCC2)c1CCCC. The van der Waals surface area contributed by atoms with Gasteiger partial charge in [-0.2, -0.15) is 0 Å². The summed E-state index contributed by atoms with van der Waals surface area (Å²) < 4.78 is 4.92. The van der Waals surface area contributed by atoms with Gasteiger partial charge in [-0.25, -0.2) is 4.79 Å². The number of unbranched alkanes of at least 4 members (excludes halogenated alkanes) is 2. The Labute approximate surface area is 151 Å². The van der Waals surface area contributed by atoms with Gasteiger partial charge in [-0.3, -0.25) is 0 Å². The van der Waals surface area contributed by atoms with Crippen LogP contribution in [0.5, 0.6) is 11.5 Å². The first-order valence-electron chi connectivity index (χ1n) is 9.86. The lowest BCUT2D eigenvalue weighted by atomic mass is 9.78. The van der Waals surface area contributed by atoms with Crippen molar-refractivity contribution < 1.29 is 19.7 Å². The molecule has 4 nitrogen and oxygen atoms in total. The maximum atomic E-state index is 11.1. The van der Waals surface area contributed by atoms with E-state index in [2.05, 4.69) is 13.8 Å². The quantitative estimate of drug-likeness (QED) is 0.435. The van der Waals surface area contributed by atoms with E-state index in [1.165, 1.54) is 24.8 Å². The molecule has 1 aliphatic rings. The molecule has 0 aromatic heterocycles. The number of hydrogen-bond acceptors (Lipinski definition) is 3. The molecule has 0 spiro atoms. The first-order chi connectivity index (χ1) is 12.1. The molecule has 1 aromatic carbocycles. The van der Waals surface area contributed by atoms with Gasteiger partial charge in [0.05, 0.1) is 0 Å². The van der Waals surface area contributed by atoms with Crippen LogP contribution in [0, 0.1) is 0 Å². The minimum absolute atomic E-state index is 0.0562. The summed E-state index contributed by atoms with van der Waals surface area (Å²) in [6.45, 7) is 4.33. The van der Waals surface area contributed by atoms with Crippen LogP contribution in [0.4, 0.5) is 4.79 Å². The van der Waals surface area contributed by atoms with Gasteiger partial charge in [0.2, 0.25) is 0 Å². The largest absolute Gasteiger partial charge is 0.511 e. The predicted octanol–water partition coefficient (Wildman–Crippen LogP) is 6.18.